The number of aromatic nitrogens is 1. The van der Waals surface area contributed by atoms with E-state index in [9.17, 15) is 9.59 Å². The van der Waals surface area contributed by atoms with Crippen molar-refractivity contribution in [1.29, 1.82) is 0 Å². The third-order valence-corrected chi connectivity index (χ3v) is 4.53. The Bertz CT molecular complexity index is 1000. The lowest BCUT2D eigenvalue weighted by atomic mass is 9.95. The van der Waals surface area contributed by atoms with Crippen LogP contribution in [-0.4, -0.2) is 28.6 Å². The predicted octanol–water partition coefficient (Wildman–Crippen LogP) is 3.06. The minimum absolute atomic E-state index is 0.273. The van der Waals surface area contributed by atoms with Crippen LogP contribution in [0.3, 0.4) is 0 Å². The Balaban J connectivity index is 1.73. The third-order valence-electron chi connectivity index (χ3n) is 4.31. The van der Waals surface area contributed by atoms with E-state index in [1.54, 1.807) is 68.7 Å². The number of carbonyl (C=O) groups excluding carboxylic acids is 2. The average Bonchev–Trinajstić information content (AvgIpc) is 2.73. The lowest BCUT2D eigenvalue weighted by molar-refractivity contribution is -0.139. The third kappa shape index (κ3) is 5.30. The van der Waals surface area contributed by atoms with Gasteiger partial charge in [0.2, 0.25) is 0 Å². The molecule has 154 valence electrons. The van der Waals surface area contributed by atoms with Gasteiger partial charge in [-0.3, -0.25) is 4.98 Å². The van der Waals surface area contributed by atoms with E-state index in [4.69, 9.17) is 21.7 Å². The number of benzene rings is 1. The van der Waals surface area contributed by atoms with E-state index >= 15 is 0 Å². The number of esters is 2. The number of hydrogen-bond donors (Lipinski definition) is 2. The number of carbonyl (C=O) groups is 2. The molecule has 2 N–H and O–H groups in total. The second kappa shape index (κ2) is 9.80. The number of hydrogen-bond acceptors (Lipinski definition) is 6. The Morgan fingerprint density at radius 3 is 2.53 bits per heavy atom. The molecule has 0 fully saturated rings. The molecule has 1 aliphatic heterocycles. The fraction of sp³-hybridized carbons (Fsp3) is 0.182. The SMILES string of the molecule is CCOC(=O)C1=C(C)NC(=S)NC1c1ccc(OC(=O)/C=C/c2ccncc2)cc1. The first-order chi connectivity index (χ1) is 14.5. The molecular weight excluding hydrogens is 402 g/mol. The van der Waals surface area contributed by atoms with Crippen molar-refractivity contribution in [1.82, 2.24) is 15.6 Å². The molecule has 1 aromatic carbocycles. The zero-order chi connectivity index (χ0) is 21.5. The molecule has 0 saturated carbocycles. The van der Waals surface area contributed by atoms with E-state index in [0.717, 1.165) is 11.1 Å². The monoisotopic (exact) mass is 423 g/mol. The van der Waals surface area contributed by atoms with Gasteiger partial charge >= 0.3 is 11.9 Å². The predicted molar refractivity (Wildman–Crippen MR) is 116 cm³/mol. The van der Waals surface area contributed by atoms with Gasteiger partial charge in [0.05, 0.1) is 18.2 Å². The topological polar surface area (TPSA) is 89.5 Å². The van der Waals surface area contributed by atoms with Crippen molar-refractivity contribution in [2.24, 2.45) is 0 Å². The van der Waals surface area contributed by atoms with Gasteiger partial charge in [-0.25, -0.2) is 9.59 Å². The van der Waals surface area contributed by atoms with Gasteiger partial charge in [0.25, 0.3) is 0 Å². The quantitative estimate of drug-likeness (QED) is 0.317. The molecule has 3 rings (SSSR count). The second-order valence-corrected chi connectivity index (χ2v) is 6.80. The highest BCUT2D eigenvalue weighted by molar-refractivity contribution is 7.80. The molecule has 8 heteroatoms. The Kier molecular flexibility index (Phi) is 6.92. The minimum Gasteiger partial charge on any atom is -0.463 e. The van der Waals surface area contributed by atoms with Crippen molar-refractivity contribution in [2.45, 2.75) is 19.9 Å². The van der Waals surface area contributed by atoms with Crippen molar-refractivity contribution in [3.63, 3.8) is 0 Å². The number of pyridine rings is 1. The van der Waals surface area contributed by atoms with Crippen LogP contribution in [0, 0.1) is 0 Å². The van der Waals surface area contributed by atoms with Crippen LogP contribution in [0.1, 0.15) is 31.0 Å². The maximum Gasteiger partial charge on any atom is 0.338 e. The second-order valence-electron chi connectivity index (χ2n) is 6.39. The zero-order valence-corrected chi connectivity index (χ0v) is 17.4. The maximum atomic E-state index is 12.4. The molecule has 0 amide bonds. The van der Waals surface area contributed by atoms with Gasteiger partial charge in [-0.05, 0) is 67.5 Å². The summed E-state index contributed by atoms with van der Waals surface area (Å²) >= 11 is 5.23. The molecule has 7 nitrogen and oxygen atoms in total. The van der Waals surface area contributed by atoms with Crippen molar-refractivity contribution >= 4 is 35.3 Å². The summed E-state index contributed by atoms with van der Waals surface area (Å²) in [6, 6.07) is 9.98. The molecule has 0 radical (unpaired) electrons. The smallest absolute Gasteiger partial charge is 0.338 e. The Hall–Kier alpha value is -3.52. The first kappa shape index (κ1) is 21.2. The van der Waals surface area contributed by atoms with Crippen molar-refractivity contribution < 1.29 is 19.1 Å². The fourth-order valence-corrected chi connectivity index (χ4v) is 3.21. The number of allylic oxidation sites excluding steroid dienone is 1. The molecule has 2 aromatic rings. The van der Waals surface area contributed by atoms with Gasteiger partial charge in [-0.15, -0.1) is 0 Å². The van der Waals surface area contributed by atoms with Crippen molar-refractivity contribution in [3.8, 4) is 5.75 Å². The number of nitrogens with zero attached hydrogens (tertiary/aromatic N) is 1. The molecular formula is C22H21N3O4S. The first-order valence-corrected chi connectivity index (χ1v) is 9.74. The van der Waals surface area contributed by atoms with Crippen LogP contribution in [0.25, 0.3) is 6.08 Å². The maximum absolute atomic E-state index is 12.4. The summed E-state index contributed by atoms with van der Waals surface area (Å²) in [7, 11) is 0. The van der Waals surface area contributed by atoms with Gasteiger partial charge in [-0.2, -0.15) is 0 Å². The highest BCUT2D eigenvalue weighted by Gasteiger charge is 2.30. The number of ether oxygens (including phenoxy) is 2. The molecule has 1 unspecified atom stereocenters. The van der Waals surface area contributed by atoms with E-state index in [0.29, 0.717) is 22.1 Å². The highest BCUT2D eigenvalue weighted by Crippen LogP contribution is 2.29. The minimum atomic E-state index is -0.497. The number of rotatable bonds is 6. The molecule has 0 aliphatic carbocycles. The van der Waals surface area contributed by atoms with Crippen LogP contribution in [0.2, 0.25) is 0 Å². The van der Waals surface area contributed by atoms with E-state index in [2.05, 4.69) is 15.6 Å². The van der Waals surface area contributed by atoms with E-state index in [1.165, 1.54) is 6.08 Å². The summed E-state index contributed by atoms with van der Waals surface area (Å²) < 4.78 is 10.5. The molecule has 0 spiro atoms. The van der Waals surface area contributed by atoms with Crippen LogP contribution in [0.5, 0.6) is 5.75 Å². The van der Waals surface area contributed by atoms with Crippen LogP contribution >= 0.6 is 12.2 Å². The lowest BCUT2D eigenvalue weighted by Gasteiger charge is -2.29. The summed E-state index contributed by atoms with van der Waals surface area (Å²) in [5, 5.41) is 6.46. The molecule has 2 heterocycles. The van der Waals surface area contributed by atoms with Crippen LogP contribution in [0.4, 0.5) is 0 Å². The van der Waals surface area contributed by atoms with Gasteiger partial charge in [0, 0.05) is 24.2 Å². The fourth-order valence-electron chi connectivity index (χ4n) is 2.94. The van der Waals surface area contributed by atoms with Crippen molar-refractivity contribution in [3.05, 3.63) is 77.3 Å². The lowest BCUT2D eigenvalue weighted by Crippen LogP contribution is -2.45. The average molecular weight is 423 g/mol. The van der Waals surface area contributed by atoms with Crippen molar-refractivity contribution in [2.75, 3.05) is 6.61 Å². The van der Waals surface area contributed by atoms with Crippen LogP contribution < -0.4 is 15.4 Å². The molecule has 1 aliphatic rings. The molecule has 0 saturated heterocycles. The van der Waals surface area contributed by atoms with E-state index in [1.807, 2.05) is 0 Å². The Morgan fingerprint density at radius 1 is 1.17 bits per heavy atom. The summed E-state index contributed by atoms with van der Waals surface area (Å²) in [6.45, 7) is 3.80. The molecule has 1 aromatic heterocycles. The van der Waals surface area contributed by atoms with E-state index < -0.39 is 18.0 Å². The molecule has 30 heavy (non-hydrogen) atoms. The zero-order valence-electron chi connectivity index (χ0n) is 16.5. The van der Waals surface area contributed by atoms with Crippen LogP contribution in [-0.2, 0) is 14.3 Å². The summed E-state index contributed by atoms with van der Waals surface area (Å²) in [5.41, 5.74) is 2.72. The van der Waals surface area contributed by atoms with E-state index in [-0.39, 0.29) is 6.61 Å². The van der Waals surface area contributed by atoms with Gasteiger partial charge in [-0.1, -0.05) is 12.1 Å². The Labute approximate surface area is 179 Å². The largest absolute Gasteiger partial charge is 0.463 e. The molecule has 1 atom stereocenters. The number of nitrogens with one attached hydrogen (secondary N) is 2. The summed E-state index contributed by atoms with van der Waals surface area (Å²) in [5.74, 6) is -0.527. The van der Waals surface area contributed by atoms with Gasteiger partial charge < -0.3 is 20.1 Å². The Morgan fingerprint density at radius 2 is 1.87 bits per heavy atom. The molecule has 0 bridgehead atoms. The summed E-state index contributed by atoms with van der Waals surface area (Å²) in [6.07, 6.45) is 6.29. The number of thiocarbonyl (C=S) groups is 1. The van der Waals surface area contributed by atoms with Gasteiger partial charge in [0.1, 0.15) is 5.75 Å². The normalized spacial score (nSPS) is 16.1. The van der Waals surface area contributed by atoms with Crippen LogP contribution in [0.15, 0.2) is 66.1 Å². The van der Waals surface area contributed by atoms with Gasteiger partial charge in [0.15, 0.2) is 5.11 Å². The summed E-state index contributed by atoms with van der Waals surface area (Å²) in [4.78, 5) is 28.4. The standard InChI is InChI=1S/C22H21N3O4S/c1-3-28-21(27)19-14(2)24-22(30)25-20(19)16-5-7-17(8-6-16)29-18(26)9-4-15-10-12-23-13-11-15/h4-13,20H,3H2,1-2H3,(H2,24,25,30)/b9-4+. The highest BCUT2D eigenvalue weighted by atomic mass is 32.1. The first-order valence-electron chi connectivity index (χ1n) is 9.33.